The van der Waals surface area contributed by atoms with Crippen LogP contribution in [0.3, 0.4) is 0 Å². The number of hydrogen-bond donors (Lipinski definition) is 3. The van der Waals surface area contributed by atoms with Crippen molar-refractivity contribution in [3.05, 3.63) is 29.8 Å². The van der Waals surface area contributed by atoms with Gasteiger partial charge in [-0.1, -0.05) is 6.92 Å². The minimum Gasteiger partial charge on any atom is -0.355 e. The molecule has 0 aliphatic rings. The van der Waals surface area contributed by atoms with E-state index in [1.165, 1.54) is 0 Å². The number of rotatable bonds is 5. The van der Waals surface area contributed by atoms with E-state index >= 15 is 0 Å². The number of anilines is 1. The van der Waals surface area contributed by atoms with E-state index in [0.717, 1.165) is 0 Å². The Bertz CT molecular complexity index is 415. The van der Waals surface area contributed by atoms with Crippen molar-refractivity contribution in [3.63, 3.8) is 0 Å². The SMILES string of the molecule is CNCC(C)C(=O)Nc1ccc(C(=O)NC)cc1. The summed E-state index contributed by atoms with van der Waals surface area (Å²) in [6.45, 7) is 2.48. The number of nitrogens with one attached hydrogen (secondary N) is 3. The highest BCUT2D eigenvalue weighted by molar-refractivity contribution is 5.96. The van der Waals surface area contributed by atoms with Crippen LogP contribution < -0.4 is 16.0 Å². The molecule has 1 aromatic carbocycles. The number of benzene rings is 1. The van der Waals surface area contributed by atoms with Crippen molar-refractivity contribution in [2.75, 3.05) is 26.0 Å². The van der Waals surface area contributed by atoms with Crippen LogP contribution in [-0.2, 0) is 4.79 Å². The van der Waals surface area contributed by atoms with Crippen molar-refractivity contribution >= 4 is 17.5 Å². The summed E-state index contributed by atoms with van der Waals surface area (Å²) < 4.78 is 0. The molecule has 98 valence electrons. The Morgan fingerprint density at radius 2 is 1.78 bits per heavy atom. The van der Waals surface area contributed by atoms with Crippen LogP contribution in [0.4, 0.5) is 5.69 Å². The molecule has 0 heterocycles. The maximum atomic E-state index is 11.7. The second kappa shape index (κ2) is 6.76. The van der Waals surface area contributed by atoms with Crippen LogP contribution in [0.1, 0.15) is 17.3 Å². The molecule has 0 aromatic heterocycles. The molecule has 0 spiro atoms. The van der Waals surface area contributed by atoms with Crippen molar-refractivity contribution in [3.8, 4) is 0 Å². The van der Waals surface area contributed by atoms with Crippen molar-refractivity contribution < 1.29 is 9.59 Å². The van der Waals surface area contributed by atoms with Crippen molar-refractivity contribution in [1.82, 2.24) is 10.6 Å². The molecule has 0 radical (unpaired) electrons. The van der Waals surface area contributed by atoms with Gasteiger partial charge in [-0.2, -0.15) is 0 Å². The molecule has 1 rings (SSSR count). The monoisotopic (exact) mass is 249 g/mol. The van der Waals surface area contributed by atoms with E-state index in [2.05, 4.69) is 16.0 Å². The molecule has 5 nitrogen and oxygen atoms in total. The van der Waals surface area contributed by atoms with E-state index < -0.39 is 0 Å². The molecule has 2 amide bonds. The lowest BCUT2D eigenvalue weighted by Crippen LogP contribution is -2.28. The first-order valence-electron chi connectivity index (χ1n) is 5.86. The minimum atomic E-state index is -0.142. The van der Waals surface area contributed by atoms with Crippen LogP contribution in [0.15, 0.2) is 24.3 Å². The molecule has 1 unspecified atom stereocenters. The van der Waals surface area contributed by atoms with Gasteiger partial charge in [0.15, 0.2) is 0 Å². The van der Waals surface area contributed by atoms with Gasteiger partial charge >= 0.3 is 0 Å². The van der Waals surface area contributed by atoms with Crippen LogP contribution in [0.25, 0.3) is 0 Å². The maximum absolute atomic E-state index is 11.7. The third kappa shape index (κ3) is 3.85. The van der Waals surface area contributed by atoms with Crippen molar-refractivity contribution in [2.24, 2.45) is 5.92 Å². The van der Waals surface area contributed by atoms with E-state index in [1.807, 2.05) is 14.0 Å². The van der Waals surface area contributed by atoms with Gasteiger partial charge in [0, 0.05) is 30.8 Å². The molecule has 18 heavy (non-hydrogen) atoms. The Balaban J connectivity index is 2.63. The topological polar surface area (TPSA) is 70.2 Å². The number of amides is 2. The molecule has 0 aliphatic carbocycles. The fourth-order valence-corrected chi connectivity index (χ4v) is 1.51. The number of hydrogen-bond acceptors (Lipinski definition) is 3. The molecule has 0 fully saturated rings. The molecule has 0 saturated heterocycles. The molecule has 0 aliphatic heterocycles. The lowest BCUT2D eigenvalue weighted by Gasteiger charge is -2.11. The average Bonchev–Trinajstić information content (AvgIpc) is 2.39. The lowest BCUT2D eigenvalue weighted by atomic mass is 10.1. The maximum Gasteiger partial charge on any atom is 0.251 e. The standard InChI is InChI=1S/C13H19N3O2/c1-9(8-14-2)12(17)16-11-6-4-10(5-7-11)13(18)15-3/h4-7,9,14H,8H2,1-3H3,(H,15,18)(H,16,17). The van der Waals surface area contributed by atoms with E-state index in [0.29, 0.717) is 17.8 Å². The predicted molar refractivity (Wildman–Crippen MR) is 71.6 cm³/mol. The summed E-state index contributed by atoms with van der Waals surface area (Å²) in [5.41, 5.74) is 1.26. The Kier molecular flexibility index (Phi) is 5.32. The van der Waals surface area contributed by atoms with Gasteiger partial charge in [0.2, 0.25) is 5.91 Å². The first kappa shape index (κ1) is 14.2. The van der Waals surface area contributed by atoms with Gasteiger partial charge in [-0.3, -0.25) is 9.59 Å². The van der Waals surface area contributed by atoms with Crippen molar-refractivity contribution in [1.29, 1.82) is 0 Å². The summed E-state index contributed by atoms with van der Waals surface area (Å²) >= 11 is 0. The molecule has 1 aromatic rings. The molecule has 0 bridgehead atoms. The van der Waals surface area contributed by atoms with Gasteiger partial charge < -0.3 is 16.0 Å². The fraction of sp³-hybridized carbons (Fsp3) is 0.385. The zero-order chi connectivity index (χ0) is 13.5. The van der Waals surface area contributed by atoms with Crippen LogP contribution in [0, 0.1) is 5.92 Å². The van der Waals surface area contributed by atoms with Crippen LogP contribution in [0.5, 0.6) is 0 Å². The quantitative estimate of drug-likeness (QED) is 0.724. The molecule has 5 heteroatoms. The van der Waals surface area contributed by atoms with Gasteiger partial charge in [0.1, 0.15) is 0 Å². The Morgan fingerprint density at radius 1 is 1.17 bits per heavy atom. The predicted octanol–water partition coefficient (Wildman–Crippen LogP) is 0.840. The van der Waals surface area contributed by atoms with Gasteiger partial charge in [-0.15, -0.1) is 0 Å². The third-order valence-electron chi connectivity index (χ3n) is 2.60. The Morgan fingerprint density at radius 3 is 2.28 bits per heavy atom. The summed E-state index contributed by atoms with van der Waals surface area (Å²) in [6, 6.07) is 6.79. The normalized spacial score (nSPS) is 11.7. The molecular formula is C13H19N3O2. The summed E-state index contributed by atoms with van der Waals surface area (Å²) in [5.74, 6) is -0.290. The van der Waals surface area contributed by atoms with Gasteiger partial charge in [0.25, 0.3) is 5.91 Å². The highest BCUT2D eigenvalue weighted by atomic mass is 16.2. The smallest absolute Gasteiger partial charge is 0.251 e. The first-order chi connectivity index (χ1) is 8.58. The van der Waals surface area contributed by atoms with Crippen molar-refractivity contribution in [2.45, 2.75) is 6.92 Å². The number of carbonyl (C=O) groups excluding carboxylic acids is 2. The average molecular weight is 249 g/mol. The summed E-state index contributed by atoms with van der Waals surface area (Å²) in [6.07, 6.45) is 0. The highest BCUT2D eigenvalue weighted by Gasteiger charge is 2.12. The Hall–Kier alpha value is -1.88. The van der Waals surface area contributed by atoms with E-state index in [1.54, 1.807) is 31.3 Å². The van der Waals surface area contributed by atoms with Gasteiger partial charge in [-0.25, -0.2) is 0 Å². The molecular weight excluding hydrogens is 230 g/mol. The van der Waals surface area contributed by atoms with Crippen LogP contribution in [0.2, 0.25) is 0 Å². The molecule has 1 atom stereocenters. The molecule has 0 saturated carbocycles. The molecule has 3 N–H and O–H groups in total. The summed E-state index contributed by atoms with van der Waals surface area (Å²) in [4.78, 5) is 23.1. The fourth-order valence-electron chi connectivity index (χ4n) is 1.51. The number of carbonyl (C=O) groups is 2. The van der Waals surface area contributed by atoms with Gasteiger partial charge in [-0.05, 0) is 31.3 Å². The lowest BCUT2D eigenvalue weighted by molar-refractivity contribution is -0.119. The highest BCUT2D eigenvalue weighted by Crippen LogP contribution is 2.10. The van der Waals surface area contributed by atoms with Gasteiger partial charge in [0.05, 0.1) is 0 Å². The zero-order valence-corrected chi connectivity index (χ0v) is 10.9. The second-order valence-corrected chi connectivity index (χ2v) is 4.10. The van der Waals surface area contributed by atoms with Crippen LogP contribution in [-0.4, -0.2) is 32.5 Å². The summed E-state index contributed by atoms with van der Waals surface area (Å²) in [5, 5.41) is 8.29. The minimum absolute atomic E-state index is 0.0444. The largest absolute Gasteiger partial charge is 0.355 e. The Labute approximate surface area is 107 Å². The van der Waals surface area contributed by atoms with E-state index in [-0.39, 0.29) is 17.7 Å². The first-order valence-corrected chi connectivity index (χ1v) is 5.86. The third-order valence-corrected chi connectivity index (χ3v) is 2.60. The zero-order valence-electron chi connectivity index (χ0n) is 10.9. The summed E-state index contributed by atoms with van der Waals surface area (Å²) in [7, 11) is 3.39. The van der Waals surface area contributed by atoms with E-state index in [4.69, 9.17) is 0 Å². The van der Waals surface area contributed by atoms with Crippen LogP contribution >= 0.6 is 0 Å². The second-order valence-electron chi connectivity index (χ2n) is 4.10. The van der Waals surface area contributed by atoms with E-state index in [9.17, 15) is 9.59 Å².